The molecular weight excluding hydrogens is 318 g/mol. The number of hydrogen-bond donors (Lipinski definition) is 2. The van der Waals surface area contributed by atoms with E-state index in [1.54, 1.807) is 12.1 Å². The van der Waals surface area contributed by atoms with Gasteiger partial charge >= 0.3 is 0 Å². The molecule has 7 heteroatoms. The summed E-state index contributed by atoms with van der Waals surface area (Å²) in [6, 6.07) is 6.80. The van der Waals surface area contributed by atoms with Gasteiger partial charge in [0.1, 0.15) is 28.1 Å². The monoisotopic (exact) mass is 328 g/mol. The molecule has 0 aliphatic carbocycles. The van der Waals surface area contributed by atoms with Crippen LogP contribution in [0.3, 0.4) is 0 Å². The molecule has 0 aliphatic rings. The molecule has 3 nitrogen and oxygen atoms in total. The van der Waals surface area contributed by atoms with Gasteiger partial charge < -0.3 is 15.8 Å². The molecule has 0 unspecified atom stereocenters. The van der Waals surface area contributed by atoms with Gasteiger partial charge in [-0.05, 0) is 24.3 Å². The minimum absolute atomic E-state index is 0.0764. The Morgan fingerprint density at radius 3 is 2.38 bits per heavy atom. The zero-order valence-electron chi connectivity index (χ0n) is 10.9. The van der Waals surface area contributed by atoms with Crippen LogP contribution in [0.25, 0.3) is 0 Å². The molecule has 0 atom stereocenters. The predicted molar refractivity (Wildman–Crippen MR) is 83.5 cm³/mol. The van der Waals surface area contributed by atoms with Gasteiger partial charge in [-0.15, -0.1) is 0 Å². The molecule has 0 spiro atoms. The van der Waals surface area contributed by atoms with E-state index in [-0.39, 0.29) is 16.2 Å². The summed E-state index contributed by atoms with van der Waals surface area (Å²) in [5.41, 5.74) is 5.60. The van der Waals surface area contributed by atoms with Gasteiger partial charge in [0.2, 0.25) is 0 Å². The first-order valence-corrected chi connectivity index (χ1v) is 6.60. The topological polar surface area (TPSA) is 47.3 Å². The molecule has 0 aromatic heterocycles. The van der Waals surface area contributed by atoms with Gasteiger partial charge in [0.15, 0.2) is 0 Å². The molecule has 0 fully saturated rings. The van der Waals surface area contributed by atoms with Crippen LogP contribution in [-0.4, -0.2) is 12.1 Å². The van der Waals surface area contributed by atoms with Gasteiger partial charge in [0, 0.05) is 17.3 Å². The number of benzene rings is 2. The maximum atomic E-state index is 13.9. The number of thiocarbonyl (C=S) groups is 1. The minimum Gasteiger partial charge on any atom is -0.495 e. The van der Waals surface area contributed by atoms with Crippen LogP contribution in [0, 0.1) is 11.6 Å². The van der Waals surface area contributed by atoms with Gasteiger partial charge in [-0.1, -0.05) is 23.8 Å². The third kappa shape index (κ3) is 3.40. The molecule has 0 saturated carbocycles. The number of nitrogens with two attached hydrogens (primary N) is 1. The van der Waals surface area contributed by atoms with E-state index in [1.165, 1.54) is 13.2 Å². The van der Waals surface area contributed by atoms with E-state index in [1.807, 2.05) is 0 Å². The molecule has 0 bridgehead atoms. The van der Waals surface area contributed by atoms with Crippen molar-refractivity contribution in [3.05, 3.63) is 52.6 Å². The van der Waals surface area contributed by atoms with E-state index >= 15 is 0 Å². The van der Waals surface area contributed by atoms with E-state index in [0.29, 0.717) is 16.5 Å². The Bertz CT molecular complexity index is 686. The second-order valence-electron chi connectivity index (χ2n) is 4.15. The molecule has 0 radical (unpaired) electrons. The molecule has 2 aromatic rings. The second kappa shape index (κ2) is 6.24. The number of anilines is 2. The van der Waals surface area contributed by atoms with Crippen LogP contribution >= 0.6 is 23.8 Å². The fourth-order valence-electron chi connectivity index (χ4n) is 1.72. The van der Waals surface area contributed by atoms with Crippen molar-refractivity contribution in [3.63, 3.8) is 0 Å². The first-order valence-electron chi connectivity index (χ1n) is 5.81. The Morgan fingerprint density at radius 2 is 1.86 bits per heavy atom. The normalized spacial score (nSPS) is 10.3. The highest BCUT2D eigenvalue weighted by atomic mass is 35.5. The zero-order valence-corrected chi connectivity index (χ0v) is 12.5. The number of ether oxygens (including phenoxy) is 1. The molecule has 2 aromatic carbocycles. The van der Waals surface area contributed by atoms with Crippen LogP contribution in [-0.2, 0) is 0 Å². The van der Waals surface area contributed by atoms with Crippen molar-refractivity contribution in [2.24, 2.45) is 5.73 Å². The average molecular weight is 329 g/mol. The van der Waals surface area contributed by atoms with Gasteiger partial charge in [-0.3, -0.25) is 0 Å². The lowest BCUT2D eigenvalue weighted by atomic mass is 10.1. The number of methoxy groups -OCH3 is 1. The Labute approximate surface area is 130 Å². The minimum atomic E-state index is -0.799. The van der Waals surface area contributed by atoms with E-state index in [2.05, 4.69) is 5.32 Å². The SMILES string of the molecule is COc1cc(Nc2c(F)cc(C(N)=S)cc2F)ccc1Cl. The molecule has 0 aliphatic heterocycles. The fourth-order valence-corrected chi connectivity index (χ4v) is 2.03. The highest BCUT2D eigenvalue weighted by Crippen LogP contribution is 2.31. The Morgan fingerprint density at radius 1 is 1.24 bits per heavy atom. The number of hydrogen-bond acceptors (Lipinski definition) is 3. The molecule has 110 valence electrons. The number of nitrogens with one attached hydrogen (secondary N) is 1. The van der Waals surface area contributed by atoms with Crippen molar-refractivity contribution in [1.29, 1.82) is 0 Å². The summed E-state index contributed by atoms with van der Waals surface area (Å²) in [6.45, 7) is 0. The fraction of sp³-hybridized carbons (Fsp3) is 0.0714. The summed E-state index contributed by atoms with van der Waals surface area (Å²) in [6.07, 6.45) is 0. The lowest BCUT2D eigenvalue weighted by Crippen LogP contribution is -2.11. The Balaban J connectivity index is 2.38. The van der Waals surface area contributed by atoms with Crippen LogP contribution in [0.2, 0.25) is 5.02 Å². The molecule has 0 amide bonds. The van der Waals surface area contributed by atoms with Gasteiger partial charge in [0.05, 0.1) is 12.1 Å². The zero-order chi connectivity index (χ0) is 15.6. The third-order valence-electron chi connectivity index (χ3n) is 2.75. The lowest BCUT2D eigenvalue weighted by Gasteiger charge is -2.12. The quantitative estimate of drug-likeness (QED) is 0.833. The van der Waals surface area contributed by atoms with Crippen molar-refractivity contribution in [2.75, 3.05) is 12.4 Å². The first-order chi connectivity index (χ1) is 9.92. The third-order valence-corrected chi connectivity index (χ3v) is 3.30. The highest BCUT2D eigenvalue weighted by Gasteiger charge is 2.13. The van der Waals surface area contributed by atoms with Crippen LogP contribution < -0.4 is 15.8 Å². The summed E-state index contributed by atoms with van der Waals surface area (Å²) < 4.78 is 32.9. The van der Waals surface area contributed by atoms with E-state index in [9.17, 15) is 8.78 Å². The van der Waals surface area contributed by atoms with E-state index in [4.69, 9.17) is 34.3 Å². The molecule has 2 rings (SSSR count). The van der Waals surface area contributed by atoms with Crippen molar-refractivity contribution in [2.45, 2.75) is 0 Å². The maximum Gasteiger partial charge on any atom is 0.150 e. The summed E-state index contributed by atoms with van der Waals surface area (Å²) in [7, 11) is 1.45. The Kier molecular flexibility index (Phi) is 4.59. The van der Waals surface area contributed by atoms with Crippen LogP contribution in [0.4, 0.5) is 20.2 Å². The van der Waals surface area contributed by atoms with Gasteiger partial charge in [-0.25, -0.2) is 8.78 Å². The van der Waals surface area contributed by atoms with Crippen molar-refractivity contribution in [1.82, 2.24) is 0 Å². The van der Waals surface area contributed by atoms with Crippen molar-refractivity contribution >= 4 is 40.2 Å². The van der Waals surface area contributed by atoms with Crippen molar-refractivity contribution < 1.29 is 13.5 Å². The Hall–Kier alpha value is -1.92. The van der Waals surface area contributed by atoms with E-state index in [0.717, 1.165) is 12.1 Å². The van der Waals surface area contributed by atoms with Crippen LogP contribution in [0.1, 0.15) is 5.56 Å². The molecular formula is C14H11ClF2N2OS. The molecule has 0 saturated heterocycles. The standard InChI is InChI=1S/C14H11ClF2N2OS/c1-20-12-6-8(2-3-9(12)15)19-13-10(16)4-7(14(18)21)5-11(13)17/h2-6,19H,1H3,(H2,18,21). The summed E-state index contributed by atoms with van der Waals surface area (Å²) in [5.74, 6) is -1.21. The number of rotatable bonds is 4. The first kappa shape index (κ1) is 15.5. The van der Waals surface area contributed by atoms with Crippen LogP contribution in [0.5, 0.6) is 5.75 Å². The highest BCUT2D eigenvalue weighted by molar-refractivity contribution is 7.80. The average Bonchev–Trinajstić information content (AvgIpc) is 2.44. The van der Waals surface area contributed by atoms with Crippen molar-refractivity contribution in [3.8, 4) is 5.75 Å². The summed E-state index contributed by atoms with van der Waals surface area (Å²) in [5, 5.41) is 3.03. The van der Waals surface area contributed by atoms with E-state index < -0.39 is 11.6 Å². The predicted octanol–water partition coefficient (Wildman–Crippen LogP) is 4.00. The largest absolute Gasteiger partial charge is 0.495 e. The second-order valence-corrected chi connectivity index (χ2v) is 5.00. The maximum absolute atomic E-state index is 13.9. The van der Waals surface area contributed by atoms with Gasteiger partial charge in [-0.2, -0.15) is 0 Å². The molecule has 21 heavy (non-hydrogen) atoms. The number of halogens is 3. The summed E-state index contributed by atoms with van der Waals surface area (Å²) in [4.78, 5) is -0.0764. The lowest BCUT2D eigenvalue weighted by molar-refractivity contribution is 0.415. The van der Waals surface area contributed by atoms with Crippen LogP contribution in [0.15, 0.2) is 30.3 Å². The smallest absolute Gasteiger partial charge is 0.150 e. The molecule has 0 heterocycles. The molecule has 3 N–H and O–H groups in total. The van der Waals surface area contributed by atoms with Gasteiger partial charge in [0.25, 0.3) is 0 Å². The summed E-state index contributed by atoms with van der Waals surface area (Å²) >= 11 is 10.6.